The molecule has 45 heavy (non-hydrogen) atoms. The highest BCUT2D eigenvalue weighted by molar-refractivity contribution is 6.02. The average molecular weight is 622 g/mol. The number of hydrogen-bond acceptors (Lipinski definition) is 9. The molecule has 1 N–H and O–H groups in total. The van der Waals surface area contributed by atoms with E-state index in [1.807, 2.05) is 0 Å². The number of ether oxygens (including phenoxy) is 2. The molecule has 5 heterocycles. The highest BCUT2D eigenvalue weighted by Crippen LogP contribution is 2.42. The van der Waals surface area contributed by atoms with Gasteiger partial charge < -0.3 is 19.5 Å². The van der Waals surface area contributed by atoms with Crippen LogP contribution in [0.1, 0.15) is 44.6 Å². The van der Waals surface area contributed by atoms with Crippen LogP contribution in [0.4, 0.5) is 19.0 Å². The van der Waals surface area contributed by atoms with Gasteiger partial charge in [0.15, 0.2) is 5.82 Å². The Hall–Kier alpha value is -4.19. The van der Waals surface area contributed by atoms with Gasteiger partial charge in [0.2, 0.25) is 0 Å². The van der Waals surface area contributed by atoms with Crippen LogP contribution in [0.3, 0.4) is 0 Å². The standard InChI is InChI=1S/C33H34F3N5O4/c1-3-21-24(35)8-7-18-12-20(42)13-22(26(18)21)28-27(36)29-23(15-37-28)30(41-11-4-6-25(41)31(43)44-2)39-32(38-29)45-17-33-9-5-10-40(33)16-19(34)14-33/h7-8,12-13,15,19,25,42H,3-6,9-11,14,16-17H2,1-2H3/t19-,25+,33?/m1/s1. The van der Waals surface area contributed by atoms with Crippen LogP contribution in [0, 0.1) is 11.6 Å². The van der Waals surface area contributed by atoms with Crippen molar-refractivity contribution < 1.29 is 32.5 Å². The zero-order chi connectivity index (χ0) is 31.5. The van der Waals surface area contributed by atoms with E-state index in [1.54, 1.807) is 11.8 Å². The molecule has 0 spiro atoms. The van der Waals surface area contributed by atoms with Gasteiger partial charge in [0.25, 0.3) is 0 Å². The monoisotopic (exact) mass is 621 g/mol. The molecule has 0 bridgehead atoms. The van der Waals surface area contributed by atoms with E-state index in [0.717, 1.165) is 19.4 Å². The van der Waals surface area contributed by atoms with E-state index in [4.69, 9.17) is 9.47 Å². The smallest absolute Gasteiger partial charge is 0.328 e. The van der Waals surface area contributed by atoms with Gasteiger partial charge in [-0.15, -0.1) is 0 Å². The van der Waals surface area contributed by atoms with Crippen molar-refractivity contribution in [2.24, 2.45) is 0 Å². The van der Waals surface area contributed by atoms with Crippen molar-refractivity contribution >= 4 is 33.5 Å². The second-order valence-corrected chi connectivity index (χ2v) is 12.2. The summed E-state index contributed by atoms with van der Waals surface area (Å²) in [5.41, 5.74) is -0.114. The van der Waals surface area contributed by atoms with Crippen LogP contribution in [-0.2, 0) is 16.0 Å². The number of pyridine rings is 1. The molecule has 0 radical (unpaired) electrons. The molecule has 9 nitrogen and oxygen atoms in total. The van der Waals surface area contributed by atoms with Crippen molar-refractivity contribution in [2.45, 2.75) is 63.2 Å². The maximum atomic E-state index is 16.8. The first-order valence-corrected chi connectivity index (χ1v) is 15.4. The third kappa shape index (κ3) is 4.90. The Balaban J connectivity index is 1.39. The molecule has 12 heteroatoms. The number of hydrogen-bond donors (Lipinski definition) is 1. The minimum Gasteiger partial charge on any atom is -0.508 e. The lowest BCUT2D eigenvalue weighted by atomic mass is 9.94. The number of carbonyl (C=O) groups is 1. The summed E-state index contributed by atoms with van der Waals surface area (Å²) >= 11 is 0. The molecule has 2 aromatic carbocycles. The lowest BCUT2D eigenvalue weighted by Gasteiger charge is -2.31. The van der Waals surface area contributed by atoms with Gasteiger partial charge in [0, 0.05) is 31.3 Å². The number of halogens is 3. The van der Waals surface area contributed by atoms with Gasteiger partial charge in [-0.05, 0) is 73.2 Å². The van der Waals surface area contributed by atoms with Crippen LogP contribution in [0.5, 0.6) is 11.8 Å². The summed E-state index contributed by atoms with van der Waals surface area (Å²) in [6.45, 7) is 3.53. The number of methoxy groups -OCH3 is 1. The third-order valence-electron chi connectivity index (χ3n) is 9.63. The molecule has 236 valence electrons. The van der Waals surface area contributed by atoms with Crippen LogP contribution >= 0.6 is 0 Å². The number of phenolic OH excluding ortho intramolecular Hbond substituents is 1. The minimum absolute atomic E-state index is 0.1000. The number of aromatic nitrogens is 3. The molecule has 0 saturated carbocycles. The topological polar surface area (TPSA) is 101 Å². The highest BCUT2D eigenvalue weighted by Gasteiger charge is 2.49. The van der Waals surface area contributed by atoms with Gasteiger partial charge in [-0.3, -0.25) is 9.88 Å². The largest absolute Gasteiger partial charge is 0.508 e. The molecule has 0 amide bonds. The quantitative estimate of drug-likeness (QED) is 0.269. The second kappa shape index (κ2) is 11.3. The fraction of sp³-hybridized carbons (Fsp3) is 0.455. The first kappa shape index (κ1) is 29.5. The van der Waals surface area contributed by atoms with Crippen molar-refractivity contribution in [2.75, 3.05) is 38.3 Å². The Kier molecular flexibility index (Phi) is 7.42. The highest BCUT2D eigenvalue weighted by atomic mass is 19.1. The van der Waals surface area contributed by atoms with Gasteiger partial charge in [-0.25, -0.2) is 18.0 Å². The molecular weight excluding hydrogens is 587 g/mol. The van der Waals surface area contributed by atoms with Crippen molar-refractivity contribution in [3.05, 3.63) is 47.7 Å². The number of esters is 1. The molecule has 3 atom stereocenters. The number of carbonyl (C=O) groups excluding carboxylic acids is 1. The fourth-order valence-corrected chi connectivity index (χ4v) is 7.57. The van der Waals surface area contributed by atoms with Crippen molar-refractivity contribution in [1.29, 1.82) is 0 Å². The molecule has 3 aliphatic heterocycles. The predicted octanol–water partition coefficient (Wildman–Crippen LogP) is 5.49. The first-order valence-electron chi connectivity index (χ1n) is 15.4. The number of phenols is 1. The molecule has 3 fully saturated rings. The van der Waals surface area contributed by atoms with Gasteiger partial charge in [0.05, 0.1) is 18.0 Å². The van der Waals surface area contributed by atoms with Crippen LogP contribution in [0.15, 0.2) is 30.5 Å². The number of benzene rings is 2. The van der Waals surface area contributed by atoms with E-state index < -0.39 is 35.4 Å². The Bertz CT molecular complexity index is 1820. The number of rotatable bonds is 7. The molecule has 1 unspecified atom stereocenters. The third-order valence-corrected chi connectivity index (χ3v) is 9.63. The molecule has 2 aromatic heterocycles. The summed E-state index contributed by atoms with van der Waals surface area (Å²) in [4.78, 5) is 30.2. The van der Waals surface area contributed by atoms with Crippen LogP contribution in [0.25, 0.3) is 32.9 Å². The summed E-state index contributed by atoms with van der Waals surface area (Å²) in [6.07, 6.45) is 4.07. The van der Waals surface area contributed by atoms with Crippen LogP contribution in [0.2, 0.25) is 0 Å². The van der Waals surface area contributed by atoms with E-state index in [-0.39, 0.29) is 46.3 Å². The summed E-state index contributed by atoms with van der Waals surface area (Å²) < 4.78 is 57.4. The predicted molar refractivity (Wildman–Crippen MR) is 162 cm³/mol. The Morgan fingerprint density at radius 3 is 2.82 bits per heavy atom. The Morgan fingerprint density at radius 2 is 2.02 bits per heavy atom. The van der Waals surface area contributed by atoms with E-state index >= 15 is 4.39 Å². The Morgan fingerprint density at radius 1 is 1.18 bits per heavy atom. The normalized spacial score (nSPS) is 23.3. The fourth-order valence-electron chi connectivity index (χ4n) is 7.57. The van der Waals surface area contributed by atoms with Gasteiger partial charge >= 0.3 is 12.0 Å². The van der Waals surface area contributed by atoms with Crippen molar-refractivity contribution in [1.82, 2.24) is 19.9 Å². The number of aryl methyl sites for hydroxylation is 1. The maximum absolute atomic E-state index is 16.8. The van der Waals surface area contributed by atoms with E-state index in [0.29, 0.717) is 55.1 Å². The van der Waals surface area contributed by atoms with Crippen LogP contribution in [-0.4, -0.2) is 82.0 Å². The van der Waals surface area contributed by atoms with Gasteiger partial charge in [-0.2, -0.15) is 9.97 Å². The SMILES string of the molecule is CCc1c(F)ccc2cc(O)cc(-c3ncc4c(N5CCC[C@H]5C(=O)OC)nc(OCC56CCCN5C[C@H](F)C6)nc4c3F)c12. The molecule has 3 saturated heterocycles. The summed E-state index contributed by atoms with van der Waals surface area (Å²) in [5.74, 6) is -1.53. The number of alkyl halides is 1. The lowest BCUT2D eigenvalue weighted by Crippen LogP contribution is -2.43. The average Bonchev–Trinajstić information content (AvgIpc) is 3.74. The molecular formula is C33H34F3N5O4. The maximum Gasteiger partial charge on any atom is 0.328 e. The van der Waals surface area contributed by atoms with Crippen molar-refractivity contribution in [3.63, 3.8) is 0 Å². The number of nitrogens with zero attached hydrogens (tertiary/aromatic N) is 5. The van der Waals surface area contributed by atoms with Gasteiger partial charge in [-0.1, -0.05) is 13.0 Å². The number of fused-ring (bicyclic) bond motifs is 3. The Labute approximate surface area is 258 Å². The zero-order valence-electron chi connectivity index (χ0n) is 25.2. The molecule has 4 aromatic rings. The summed E-state index contributed by atoms with van der Waals surface area (Å²) in [6, 6.07) is 4.99. The van der Waals surface area contributed by atoms with Gasteiger partial charge in [0.1, 0.15) is 47.4 Å². The van der Waals surface area contributed by atoms with E-state index in [2.05, 4.69) is 19.9 Å². The van der Waals surface area contributed by atoms with E-state index in [1.165, 1.54) is 37.6 Å². The summed E-state index contributed by atoms with van der Waals surface area (Å²) in [7, 11) is 1.32. The molecule has 0 aliphatic carbocycles. The first-order chi connectivity index (χ1) is 21.7. The lowest BCUT2D eigenvalue weighted by molar-refractivity contribution is -0.141. The van der Waals surface area contributed by atoms with Crippen LogP contribution < -0.4 is 9.64 Å². The number of anilines is 1. The van der Waals surface area contributed by atoms with E-state index in [9.17, 15) is 18.7 Å². The molecule has 3 aliphatic rings. The zero-order valence-corrected chi connectivity index (χ0v) is 25.2. The summed E-state index contributed by atoms with van der Waals surface area (Å²) in [5, 5.41) is 11.8. The van der Waals surface area contributed by atoms with Crippen molar-refractivity contribution in [3.8, 4) is 23.0 Å². The minimum atomic E-state index is -0.951. The number of aromatic hydroxyl groups is 1. The second-order valence-electron chi connectivity index (χ2n) is 12.2. The molecule has 7 rings (SSSR count).